The highest BCUT2D eigenvalue weighted by Gasteiger charge is 2.41. The summed E-state index contributed by atoms with van der Waals surface area (Å²) in [6.45, 7) is 3.87. The van der Waals surface area contributed by atoms with Crippen molar-refractivity contribution in [2.75, 3.05) is 22.9 Å². The predicted octanol–water partition coefficient (Wildman–Crippen LogP) is 3.11. The first-order chi connectivity index (χ1) is 12.7. The van der Waals surface area contributed by atoms with Crippen LogP contribution in [0.5, 0.6) is 0 Å². The zero-order chi connectivity index (χ0) is 17.7. The van der Waals surface area contributed by atoms with E-state index in [2.05, 4.69) is 21.3 Å². The van der Waals surface area contributed by atoms with Gasteiger partial charge in [-0.25, -0.2) is 9.78 Å². The summed E-state index contributed by atoms with van der Waals surface area (Å²) in [4.78, 5) is 26.4. The van der Waals surface area contributed by atoms with E-state index >= 15 is 0 Å². The van der Waals surface area contributed by atoms with E-state index in [1.807, 2.05) is 30.0 Å². The molecule has 2 aromatic rings. The van der Waals surface area contributed by atoms with Crippen molar-refractivity contribution in [2.45, 2.75) is 44.7 Å². The first-order valence-electron chi connectivity index (χ1n) is 9.48. The van der Waals surface area contributed by atoms with Crippen LogP contribution in [0.15, 0.2) is 30.5 Å². The van der Waals surface area contributed by atoms with Crippen molar-refractivity contribution in [1.82, 2.24) is 15.3 Å². The Kier molecular flexibility index (Phi) is 3.58. The average molecular weight is 349 g/mol. The number of amides is 2. The number of aromatic nitrogens is 2. The molecule has 6 heteroatoms. The number of pyridine rings is 2. The van der Waals surface area contributed by atoms with Gasteiger partial charge in [-0.1, -0.05) is 0 Å². The molecule has 2 aliphatic heterocycles. The van der Waals surface area contributed by atoms with E-state index in [0.717, 1.165) is 60.8 Å². The lowest BCUT2D eigenvalue weighted by molar-refractivity contribution is 0.231. The monoisotopic (exact) mass is 349 g/mol. The van der Waals surface area contributed by atoms with Crippen molar-refractivity contribution >= 4 is 17.5 Å². The van der Waals surface area contributed by atoms with Gasteiger partial charge in [-0.2, -0.15) is 0 Å². The highest BCUT2D eigenvalue weighted by atomic mass is 16.2. The van der Waals surface area contributed by atoms with Crippen LogP contribution in [0.4, 0.5) is 16.3 Å². The Morgan fingerprint density at radius 3 is 2.88 bits per heavy atom. The Balaban J connectivity index is 1.54. The van der Waals surface area contributed by atoms with Gasteiger partial charge >= 0.3 is 6.03 Å². The van der Waals surface area contributed by atoms with E-state index in [0.29, 0.717) is 6.04 Å². The van der Waals surface area contributed by atoms with Crippen LogP contribution in [-0.4, -0.2) is 41.2 Å². The molecular weight excluding hydrogens is 326 g/mol. The SMILES string of the molecule is Cc1cc(-c2ccc3c(n2)N(C(=O)NC2CCC2)[C@H]2CCN3C2)ccn1. The standard InChI is InChI=1S/C20H23N5O/c1-13-11-14(7-9-21-13)17-5-6-18-19(23-17)25(16-8-10-24(18)12-16)20(26)22-15-3-2-4-15/h5-7,9,11,15-16H,2-4,8,10,12H2,1H3,(H,22,26)/t16-/m0/s1. The molecule has 4 heterocycles. The van der Waals surface area contributed by atoms with Crippen molar-refractivity contribution in [2.24, 2.45) is 0 Å². The number of carbonyl (C=O) groups excluding carboxylic acids is 1. The van der Waals surface area contributed by atoms with Gasteiger partial charge in [0.2, 0.25) is 0 Å². The molecule has 5 rings (SSSR count). The predicted molar refractivity (Wildman–Crippen MR) is 101 cm³/mol. The lowest BCUT2D eigenvalue weighted by Gasteiger charge is -2.37. The van der Waals surface area contributed by atoms with Gasteiger partial charge in [0.05, 0.1) is 17.4 Å². The fourth-order valence-electron chi connectivity index (χ4n) is 4.13. The van der Waals surface area contributed by atoms with Gasteiger partial charge < -0.3 is 10.2 Å². The largest absolute Gasteiger partial charge is 0.366 e. The first-order valence-corrected chi connectivity index (χ1v) is 9.48. The molecule has 1 saturated carbocycles. The van der Waals surface area contributed by atoms with E-state index < -0.39 is 0 Å². The van der Waals surface area contributed by atoms with Crippen LogP contribution >= 0.6 is 0 Å². The van der Waals surface area contributed by atoms with Crippen LogP contribution < -0.4 is 15.1 Å². The van der Waals surface area contributed by atoms with Crippen LogP contribution in [0.2, 0.25) is 0 Å². The first kappa shape index (κ1) is 15.6. The quantitative estimate of drug-likeness (QED) is 0.905. The lowest BCUT2D eigenvalue weighted by atomic mass is 9.93. The van der Waals surface area contributed by atoms with Gasteiger partial charge in [0.25, 0.3) is 0 Å². The lowest BCUT2D eigenvalue weighted by Crippen LogP contribution is -2.54. The maximum Gasteiger partial charge on any atom is 0.323 e. The maximum atomic E-state index is 13.0. The number of urea groups is 1. The van der Waals surface area contributed by atoms with Crippen molar-refractivity contribution in [3.05, 3.63) is 36.2 Å². The van der Waals surface area contributed by atoms with E-state index in [-0.39, 0.29) is 12.1 Å². The van der Waals surface area contributed by atoms with Crippen molar-refractivity contribution in [3.8, 4) is 11.3 Å². The Labute approximate surface area is 153 Å². The van der Waals surface area contributed by atoms with Gasteiger partial charge in [-0.3, -0.25) is 9.88 Å². The molecule has 2 aromatic heterocycles. The molecule has 134 valence electrons. The topological polar surface area (TPSA) is 61.4 Å². The Morgan fingerprint density at radius 1 is 1.23 bits per heavy atom. The summed E-state index contributed by atoms with van der Waals surface area (Å²) in [7, 11) is 0. The summed E-state index contributed by atoms with van der Waals surface area (Å²) >= 11 is 0. The van der Waals surface area contributed by atoms with Crippen LogP contribution in [0.1, 0.15) is 31.4 Å². The molecule has 1 aliphatic carbocycles. The number of rotatable bonds is 2. The van der Waals surface area contributed by atoms with Gasteiger partial charge in [-0.15, -0.1) is 0 Å². The van der Waals surface area contributed by atoms with Crippen LogP contribution in [-0.2, 0) is 0 Å². The normalized spacial score (nSPS) is 21.3. The number of aryl methyl sites for hydroxylation is 1. The van der Waals surface area contributed by atoms with Gasteiger partial charge in [0.15, 0.2) is 5.82 Å². The fourth-order valence-corrected chi connectivity index (χ4v) is 4.13. The molecule has 0 radical (unpaired) electrons. The molecule has 6 nitrogen and oxygen atoms in total. The second kappa shape index (κ2) is 5.97. The zero-order valence-corrected chi connectivity index (χ0v) is 15.0. The van der Waals surface area contributed by atoms with E-state index in [4.69, 9.17) is 4.98 Å². The second-order valence-corrected chi connectivity index (χ2v) is 7.56. The van der Waals surface area contributed by atoms with Crippen LogP contribution in [0.25, 0.3) is 11.3 Å². The third kappa shape index (κ3) is 2.52. The number of carbonyl (C=O) groups is 1. The van der Waals surface area contributed by atoms with Crippen LogP contribution in [0.3, 0.4) is 0 Å². The van der Waals surface area contributed by atoms with Crippen molar-refractivity contribution < 1.29 is 4.79 Å². The third-order valence-electron chi connectivity index (χ3n) is 5.80. The van der Waals surface area contributed by atoms with Gasteiger partial charge in [-0.05, 0) is 56.9 Å². The molecule has 2 amide bonds. The molecule has 1 atom stereocenters. The van der Waals surface area contributed by atoms with E-state index in [1.54, 1.807) is 6.20 Å². The van der Waals surface area contributed by atoms with Gasteiger partial charge in [0, 0.05) is 36.6 Å². The summed E-state index contributed by atoms with van der Waals surface area (Å²) < 4.78 is 0. The Hall–Kier alpha value is -2.63. The second-order valence-electron chi connectivity index (χ2n) is 7.56. The maximum absolute atomic E-state index is 13.0. The number of fused-ring (bicyclic) bond motifs is 4. The average Bonchev–Trinajstić information content (AvgIpc) is 3.02. The summed E-state index contributed by atoms with van der Waals surface area (Å²) in [5.74, 6) is 0.794. The van der Waals surface area contributed by atoms with Crippen LogP contribution in [0, 0.1) is 6.92 Å². The minimum absolute atomic E-state index is 0.0121. The zero-order valence-electron chi connectivity index (χ0n) is 15.0. The number of nitrogens with zero attached hydrogens (tertiary/aromatic N) is 4. The minimum atomic E-state index is 0.0121. The third-order valence-corrected chi connectivity index (χ3v) is 5.80. The highest BCUT2D eigenvalue weighted by molar-refractivity contribution is 5.97. The molecule has 0 unspecified atom stereocenters. The minimum Gasteiger partial charge on any atom is -0.366 e. The molecule has 0 aromatic carbocycles. The Bertz CT molecular complexity index is 863. The molecule has 26 heavy (non-hydrogen) atoms. The summed E-state index contributed by atoms with van der Waals surface area (Å²) in [5.41, 5.74) is 3.95. The summed E-state index contributed by atoms with van der Waals surface area (Å²) in [6, 6.07) is 8.72. The van der Waals surface area contributed by atoms with Gasteiger partial charge in [0.1, 0.15) is 0 Å². The number of hydrogen-bond acceptors (Lipinski definition) is 4. The number of anilines is 2. The molecule has 0 spiro atoms. The molecule has 2 fully saturated rings. The van der Waals surface area contributed by atoms with Crippen molar-refractivity contribution in [1.29, 1.82) is 0 Å². The molecule has 1 N–H and O–H groups in total. The van der Waals surface area contributed by atoms with E-state index in [9.17, 15) is 4.79 Å². The molecular formula is C20H23N5O. The van der Waals surface area contributed by atoms with Crippen molar-refractivity contribution in [3.63, 3.8) is 0 Å². The Morgan fingerprint density at radius 2 is 2.12 bits per heavy atom. The molecule has 1 saturated heterocycles. The smallest absolute Gasteiger partial charge is 0.323 e. The molecule has 3 aliphatic rings. The number of hydrogen-bond donors (Lipinski definition) is 1. The summed E-state index contributed by atoms with van der Waals surface area (Å²) in [6.07, 6.45) is 6.20. The van der Waals surface area contributed by atoms with E-state index in [1.165, 1.54) is 6.42 Å². The fraction of sp³-hybridized carbons (Fsp3) is 0.450. The number of nitrogens with one attached hydrogen (secondary N) is 1. The molecule has 2 bridgehead atoms. The summed E-state index contributed by atoms with van der Waals surface area (Å²) in [5, 5.41) is 3.20. The highest BCUT2D eigenvalue weighted by Crippen LogP contribution is 2.40.